The predicted molar refractivity (Wildman–Crippen MR) is 57.8 cm³/mol. The second-order valence-corrected chi connectivity index (χ2v) is 3.52. The standard InChI is InChI=1S/C10H12F3NO.ClH/c1-5-3-7(4-6(2)8(5)15)9(14)10(11,12)13;/h3-4,9,15H,14H2,1-2H3;1H/t9-;/m0./s1. The Bertz CT molecular complexity index is 356. The summed E-state index contributed by atoms with van der Waals surface area (Å²) in [6.07, 6.45) is -4.46. The molecule has 1 rings (SSSR count). The lowest BCUT2D eigenvalue weighted by Crippen LogP contribution is -2.28. The number of benzene rings is 1. The molecule has 1 atom stereocenters. The van der Waals surface area contributed by atoms with Crippen LogP contribution in [0, 0.1) is 13.8 Å². The first-order valence-corrected chi connectivity index (χ1v) is 4.36. The summed E-state index contributed by atoms with van der Waals surface area (Å²) in [7, 11) is 0. The summed E-state index contributed by atoms with van der Waals surface area (Å²) < 4.78 is 36.9. The van der Waals surface area contributed by atoms with Crippen LogP contribution in [0.1, 0.15) is 22.7 Å². The fourth-order valence-corrected chi connectivity index (χ4v) is 1.36. The van der Waals surface area contributed by atoms with Gasteiger partial charge in [0.2, 0.25) is 0 Å². The molecule has 0 aromatic heterocycles. The molecule has 0 bridgehead atoms. The van der Waals surface area contributed by atoms with Crippen LogP contribution in [0.4, 0.5) is 13.2 Å². The maximum atomic E-state index is 12.3. The number of hydrogen-bond acceptors (Lipinski definition) is 2. The van der Waals surface area contributed by atoms with Gasteiger partial charge < -0.3 is 10.8 Å². The molecule has 92 valence electrons. The molecule has 6 heteroatoms. The average Bonchev–Trinajstić information content (AvgIpc) is 2.10. The molecule has 2 nitrogen and oxygen atoms in total. The highest BCUT2D eigenvalue weighted by Gasteiger charge is 2.38. The second kappa shape index (κ2) is 4.93. The van der Waals surface area contributed by atoms with E-state index in [1.807, 2.05) is 0 Å². The predicted octanol–water partition coefficient (Wildman–Crippen LogP) is 2.99. The number of aromatic hydroxyl groups is 1. The van der Waals surface area contributed by atoms with Crippen molar-refractivity contribution in [2.75, 3.05) is 0 Å². The SMILES string of the molecule is Cc1cc([C@H](N)C(F)(F)F)cc(C)c1O.Cl. The number of alkyl halides is 3. The minimum absolute atomic E-state index is 0. The lowest BCUT2D eigenvalue weighted by Gasteiger charge is -2.17. The molecule has 0 heterocycles. The van der Waals surface area contributed by atoms with Gasteiger partial charge in [-0.1, -0.05) is 12.1 Å². The fourth-order valence-electron chi connectivity index (χ4n) is 1.36. The third kappa shape index (κ3) is 3.02. The molecule has 0 saturated carbocycles. The third-order valence-corrected chi connectivity index (χ3v) is 2.23. The number of halogens is 4. The molecule has 0 saturated heterocycles. The summed E-state index contributed by atoms with van der Waals surface area (Å²) in [6.45, 7) is 3.07. The van der Waals surface area contributed by atoms with E-state index in [0.29, 0.717) is 11.1 Å². The minimum atomic E-state index is -4.46. The number of rotatable bonds is 1. The van der Waals surface area contributed by atoms with Crippen molar-refractivity contribution in [1.29, 1.82) is 0 Å². The van der Waals surface area contributed by atoms with E-state index in [4.69, 9.17) is 5.73 Å². The van der Waals surface area contributed by atoms with E-state index >= 15 is 0 Å². The van der Waals surface area contributed by atoms with Crippen molar-refractivity contribution >= 4 is 12.4 Å². The third-order valence-electron chi connectivity index (χ3n) is 2.23. The first-order chi connectivity index (χ1) is 6.73. The topological polar surface area (TPSA) is 46.2 Å². The second-order valence-electron chi connectivity index (χ2n) is 3.52. The van der Waals surface area contributed by atoms with Gasteiger partial charge in [-0.2, -0.15) is 13.2 Å². The van der Waals surface area contributed by atoms with Crippen LogP contribution in [0.5, 0.6) is 5.75 Å². The Morgan fingerprint density at radius 2 is 1.56 bits per heavy atom. The van der Waals surface area contributed by atoms with Gasteiger partial charge in [-0.15, -0.1) is 12.4 Å². The van der Waals surface area contributed by atoms with Crippen molar-refractivity contribution in [1.82, 2.24) is 0 Å². The van der Waals surface area contributed by atoms with Gasteiger partial charge in [0.25, 0.3) is 0 Å². The van der Waals surface area contributed by atoms with Gasteiger partial charge in [-0.25, -0.2) is 0 Å². The first-order valence-electron chi connectivity index (χ1n) is 4.36. The molecule has 0 spiro atoms. The molecule has 0 amide bonds. The lowest BCUT2D eigenvalue weighted by atomic mass is 10.0. The quantitative estimate of drug-likeness (QED) is 0.810. The van der Waals surface area contributed by atoms with E-state index in [0.717, 1.165) is 0 Å². The van der Waals surface area contributed by atoms with Crippen LogP contribution in [0.3, 0.4) is 0 Å². The summed E-state index contributed by atoms with van der Waals surface area (Å²) in [5, 5.41) is 9.39. The molecule has 1 aromatic rings. The van der Waals surface area contributed by atoms with Gasteiger partial charge in [0, 0.05) is 0 Å². The summed E-state index contributed by atoms with van der Waals surface area (Å²) in [5.74, 6) is 0.00752. The van der Waals surface area contributed by atoms with Crippen LogP contribution >= 0.6 is 12.4 Å². The lowest BCUT2D eigenvalue weighted by molar-refractivity contribution is -0.149. The maximum absolute atomic E-state index is 12.3. The first kappa shape index (κ1) is 15.1. The smallest absolute Gasteiger partial charge is 0.407 e. The van der Waals surface area contributed by atoms with E-state index < -0.39 is 12.2 Å². The maximum Gasteiger partial charge on any atom is 0.407 e. The van der Waals surface area contributed by atoms with Crippen LogP contribution in [-0.2, 0) is 0 Å². The van der Waals surface area contributed by atoms with Crippen LogP contribution in [0.25, 0.3) is 0 Å². The van der Waals surface area contributed by atoms with E-state index in [-0.39, 0.29) is 23.7 Å². The largest absolute Gasteiger partial charge is 0.507 e. The molecular formula is C10H13ClF3NO. The van der Waals surface area contributed by atoms with Gasteiger partial charge in [-0.05, 0) is 30.5 Å². The number of phenols is 1. The zero-order valence-electron chi connectivity index (χ0n) is 8.80. The van der Waals surface area contributed by atoms with Crippen molar-refractivity contribution in [3.63, 3.8) is 0 Å². The van der Waals surface area contributed by atoms with Gasteiger partial charge >= 0.3 is 6.18 Å². The molecule has 0 aliphatic rings. The monoisotopic (exact) mass is 255 g/mol. The molecular weight excluding hydrogens is 243 g/mol. The van der Waals surface area contributed by atoms with Crippen LogP contribution < -0.4 is 5.73 Å². The van der Waals surface area contributed by atoms with Crippen molar-refractivity contribution in [2.45, 2.75) is 26.1 Å². The van der Waals surface area contributed by atoms with Crippen LogP contribution in [-0.4, -0.2) is 11.3 Å². The fraction of sp³-hybridized carbons (Fsp3) is 0.400. The van der Waals surface area contributed by atoms with Crippen LogP contribution in [0.2, 0.25) is 0 Å². The molecule has 0 unspecified atom stereocenters. The molecule has 3 N–H and O–H groups in total. The Morgan fingerprint density at radius 3 is 1.88 bits per heavy atom. The molecule has 0 radical (unpaired) electrons. The molecule has 0 fully saturated rings. The Labute approximate surface area is 97.7 Å². The zero-order valence-corrected chi connectivity index (χ0v) is 9.62. The van der Waals surface area contributed by atoms with Gasteiger partial charge in [0.15, 0.2) is 0 Å². The normalized spacial score (nSPS) is 13.1. The van der Waals surface area contributed by atoms with Gasteiger partial charge in [-0.3, -0.25) is 0 Å². The number of aryl methyl sites for hydroxylation is 2. The van der Waals surface area contributed by atoms with Crippen molar-refractivity contribution in [3.05, 3.63) is 28.8 Å². The van der Waals surface area contributed by atoms with Crippen molar-refractivity contribution in [3.8, 4) is 5.75 Å². The number of phenolic OH excluding ortho intramolecular Hbond substituents is 1. The number of hydrogen-bond donors (Lipinski definition) is 2. The highest BCUT2D eigenvalue weighted by Crippen LogP contribution is 2.33. The summed E-state index contributed by atoms with van der Waals surface area (Å²) in [4.78, 5) is 0. The van der Waals surface area contributed by atoms with Crippen molar-refractivity contribution < 1.29 is 18.3 Å². The summed E-state index contributed by atoms with van der Waals surface area (Å²) in [6, 6.07) is 0.497. The number of nitrogens with two attached hydrogens (primary N) is 1. The highest BCUT2D eigenvalue weighted by atomic mass is 35.5. The molecule has 1 aromatic carbocycles. The Morgan fingerprint density at radius 1 is 1.19 bits per heavy atom. The average molecular weight is 256 g/mol. The zero-order chi connectivity index (χ0) is 11.8. The van der Waals surface area contributed by atoms with E-state index in [1.54, 1.807) is 0 Å². The molecule has 0 aliphatic carbocycles. The Balaban J connectivity index is 0.00000225. The van der Waals surface area contributed by atoms with E-state index in [9.17, 15) is 18.3 Å². The molecule has 0 aliphatic heterocycles. The van der Waals surface area contributed by atoms with E-state index in [1.165, 1.54) is 26.0 Å². The summed E-state index contributed by atoms with van der Waals surface area (Å²) >= 11 is 0. The molecule has 16 heavy (non-hydrogen) atoms. The van der Waals surface area contributed by atoms with Gasteiger partial charge in [0.1, 0.15) is 11.8 Å². The van der Waals surface area contributed by atoms with Gasteiger partial charge in [0.05, 0.1) is 0 Å². The van der Waals surface area contributed by atoms with E-state index in [2.05, 4.69) is 0 Å². The minimum Gasteiger partial charge on any atom is -0.507 e. The highest BCUT2D eigenvalue weighted by molar-refractivity contribution is 5.85. The van der Waals surface area contributed by atoms with Crippen molar-refractivity contribution in [2.24, 2.45) is 5.73 Å². The Hall–Kier alpha value is -0.940. The Kier molecular flexibility index (Phi) is 4.64. The van der Waals surface area contributed by atoms with Crippen LogP contribution in [0.15, 0.2) is 12.1 Å². The summed E-state index contributed by atoms with van der Waals surface area (Å²) in [5.41, 5.74) is 5.81.